The van der Waals surface area contributed by atoms with Crippen molar-refractivity contribution in [2.75, 3.05) is 38.5 Å². The molecule has 0 aliphatic carbocycles. The van der Waals surface area contributed by atoms with Gasteiger partial charge in [-0.2, -0.15) is 9.57 Å². The van der Waals surface area contributed by atoms with Gasteiger partial charge in [0.2, 0.25) is 15.9 Å². The molecule has 3 heterocycles. The highest BCUT2D eigenvalue weighted by Gasteiger charge is 2.34. The van der Waals surface area contributed by atoms with E-state index in [0.29, 0.717) is 54.3 Å². The molecular weight excluding hydrogens is 502 g/mol. The number of aromatic nitrogens is 1. The molecule has 0 bridgehead atoms. The zero-order valence-electron chi connectivity index (χ0n) is 19.9. The van der Waals surface area contributed by atoms with E-state index >= 15 is 0 Å². The minimum Gasteiger partial charge on any atom is -0.478 e. The predicted molar refractivity (Wildman–Crippen MR) is 131 cm³/mol. The van der Waals surface area contributed by atoms with E-state index in [9.17, 15) is 22.8 Å². The van der Waals surface area contributed by atoms with Gasteiger partial charge in [0.1, 0.15) is 10.8 Å². The van der Waals surface area contributed by atoms with Crippen LogP contribution in [0.25, 0.3) is 0 Å². The molecule has 4 rings (SSSR count). The Balaban J connectivity index is 0.000000414. The number of carboxylic acid groups (broad SMARTS) is 2. The largest absolute Gasteiger partial charge is 0.478 e. The Morgan fingerprint density at radius 2 is 1.81 bits per heavy atom. The van der Waals surface area contributed by atoms with E-state index in [2.05, 4.69) is 21.3 Å². The molecule has 194 valence electrons. The van der Waals surface area contributed by atoms with Crippen molar-refractivity contribution >= 4 is 33.6 Å². The molecule has 12 nitrogen and oxygen atoms in total. The first kappa shape index (κ1) is 27.5. The summed E-state index contributed by atoms with van der Waals surface area (Å²) in [6, 6.07) is 10.2. The molecule has 13 heteroatoms. The number of nitriles is 1. The summed E-state index contributed by atoms with van der Waals surface area (Å²) in [7, 11) is -1.65. The zero-order chi connectivity index (χ0) is 27.2. The number of hydrogen-bond donors (Lipinski definition) is 3. The lowest BCUT2D eigenvalue weighted by atomic mass is 9.95. The lowest BCUT2D eigenvalue weighted by Crippen LogP contribution is -2.34. The summed E-state index contributed by atoms with van der Waals surface area (Å²) in [4.78, 5) is 38.1. The van der Waals surface area contributed by atoms with Gasteiger partial charge in [0.25, 0.3) is 0 Å². The van der Waals surface area contributed by atoms with Crippen molar-refractivity contribution in [3.05, 3.63) is 65.5 Å². The number of fused-ring (bicyclic) bond motifs is 1. The van der Waals surface area contributed by atoms with Gasteiger partial charge < -0.3 is 20.4 Å². The second kappa shape index (κ2) is 11.7. The molecule has 2 aliphatic heterocycles. The van der Waals surface area contributed by atoms with Gasteiger partial charge in [0, 0.05) is 43.7 Å². The van der Waals surface area contributed by atoms with Gasteiger partial charge in [-0.1, -0.05) is 0 Å². The summed E-state index contributed by atoms with van der Waals surface area (Å²) in [5.74, 6) is -3.42. The van der Waals surface area contributed by atoms with Crippen LogP contribution >= 0.6 is 0 Å². The molecule has 1 saturated heterocycles. The monoisotopic (exact) mass is 527 g/mol. The van der Waals surface area contributed by atoms with Gasteiger partial charge in [0.15, 0.2) is 0 Å². The number of amides is 1. The summed E-state index contributed by atoms with van der Waals surface area (Å²) < 4.78 is 27.4. The average Bonchev–Trinajstić information content (AvgIpc) is 3.02. The minimum absolute atomic E-state index is 0.121. The van der Waals surface area contributed by atoms with E-state index in [1.807, 2.05) is 7.05 Å². The maximum absolute atomic E-state index is 13.0. The van der Waals surface area contributed by atoms with E-state index in [1.165, 1.54) is 16.6 Å². The molecule has 2 aliphatic rings. The number of pyridine rings is 1. The molecule has 0 spiro atoms. The number of carboxylic acids is 2. The molecule has 1 aromatic heterocycles. The van der Waals surface area contributed by atoms with Crippen molar-refractivity contribution in [3.8, 4) is 6.07 Å². The first-order chi connectivity index (χ1) is 17.5. The molecule has 1 fully saturated rings. The van der Waals surface area contributed by atoms with E-state index in [1.54, 1.807) is 24.3 Å². The van der Waals surface area contributed by atoms with Crippen LogP contribution in [0.2, 0.25) is 0 Å². The number of rotatable bonds is 5. The van der Waals surface area contributed by atoms with Crippen LogP contribution in [0, 0.1) is 11.3 Å². The Labute approximate surface area is 213 Å². The van der Waals surface area contributed by atoms with Crippen molar-refractivity contribution in [2.24, 2.45) is 0 Å². The minimum atomic E-state index is -3.63. The Bertz CT molecular complexity index is 1350. The fraction of sp³-hybridized carbons (Fsp3) is 0.292. The maximum Gasteiger partial charge on any atom is 0.328 e. The Morgan fingerprint density at radius 3 is 2.41 bits per heavy atom. The fourth-order valence-electron chi connectivity index (χ4n) is 3.89. The van der Waals surface area contributed by atoms with Crippen LogP contribution in [-0.2, 0) is 24.4 Å². The number of carbonyl (C=O) groups excluding carboxylic acids is 1. The van der Waals surface area contributed by atoms with Gasteiger partial charge in [-0.05, 0) is 55.9 Å². The maximum atomic E-state index is 13.0. The van der Waals surface area contributed by atoms with Gasteiger partial charge in [0.05, 0.1) is 17.3 Å². The number of likely N-dealkylation sites (N-methyl/N-ethyl adjacent to an activating group) is 1. The summed E-state index contributed by atoms with van der Waals surface area (Å²) in [6.07, 6.45) is 3.21. The number of hydrogen-bond acceptors (Lipinski definition) is 8. The molecule has 1 unspecified atom stereocenters. The molecule has 1 aromatic carbocycles. The van der Waals surface area contributed by atoms with Crippen LogP contribution in [0.1, 0.15) is 29.2 Å². The standard InChI is InChI=1S/C20H21N5O3S.C4H4O4/c1-24-7-2-8-25(10-9-24)29(27,28)15-4-6-18(22-13-15)19-16-11-14(12-21)3-5-17(16)23-20(19)26;5-3(6)1-2-4(7)8/h3-6,11,13,19H,2,7-10H2,1H3,(H,23,26);1-2H,(H,5,6)(H,7,8)/b;2-1+. The summed E-state index contributed by atoms with van der Waals surface area (Å²) in [5.41, 5.74) is 2.22. The number of sulfonamides is 1. The normalized spacial score (nSPS) is 18.2. The van der Waals surface area contributed by atoms with E-state index < -0.39 is 27.9 Å². The predicted octanol–water partition coefficient (Wildman–Crippen LogP) is 1.08. The molecule has 1 amide bonds. The highest BCUT2D eigenvalue weighted by atomic mass is 32.2. The fourth-order valence-corrected chi connectivity index (χ4v) is 5.31. The third-order valence-corrected chi connectivity index (χ3v) is 7.63. The highest BCUT2D eigenvalue weighted by molar-refractivity contribution is 7.89. The summed E-state index contributed by atoms with van der Waals surface area (Å²) >= 11 is 0. The second-order valence-corrected chi connectivity index (χ2v) is 10.3. The summed E-state index contributed by atoms with van der Waals surface area (Å²) in [6.45, 7) is 2.47. The van der Waals surface area contributed by atoms with Crippen molar-refractivity contribution < 1.29 is 33.0 Å². The molecule has 3 N–H and O–H groups in total. The SMILES string of the molecule is CN1CCCN(S(=O)(=O)c2ccc(C3C(=O)Nc4ccc(C#N)cc43)nc2)CC1.O=C(O)/C=C/C(=O)O. The summed E-state index contributed by atoms with van der Waals surface area (Å²) in [5, 5.41) is 27.5. The van der Waals surface area contributed by atoms with Crippen LogP contribution < -0.4 is 5.32 Å². The third-order valence-electron chi connectivity index (χ3n) is 5.75. The topological polar surface area (TPSA) is 181 Å². The average molecular weight is 528 g/mol. The van der Waals surface area contributed by atoms with Crippen LogP contribution in [0.4, 0.5) is 5.69 Å². The van der Waals surface area contributed by atoms with Gasteiger partial charge in [-0.25, -0.2) is 18.0 Å². The van der Waals surface area contributed by atoms with Crippen LogP contribution in [-0.4, -0.2) is 83.9 Å². The van der Waals surface area contributed by atoms with Crippen LogP contribution in [0.15, 0.2) is 53.6 Å². The molecule has 37 heavy (non-hydrogen) atoms. The van der Waals surface area contributed by atoms with Gasteiger partial charge in [-0.15, -0.1) is 0 Å². The highest BCUT2D eigenvalue weighted by Crippen LogP contribution is 2.37. The molecule has 0 radical (unpaired) electrons. The van der Waals surface area contributed by atoms with Crippen LogP contribution in [0.3, 0.4) is 0 Å². The molecule has 2 aromatic rings. The Hall–Kier alpha value is -4.12. The number of carbonyl (C=O) groups is 3. The first-order valence-electron chi connectivity index (χ1n) is 11.2. The van der Waals surface area contributed by atoms with E-state index in [0.717, 1.165) is 13.0 Å². The van der Waals surface area contributed by atoms with Gasteiger partial charge in [-0.3, -0.25) is 9.78 Å². The Morgan fingerprint density at radius 1 is 1.11 bits per heavy atom. The van der Waals surface area contributed by atoms with Crippen molar-refractivity contribution in [2.45, 2.75) is 17.2 Å². The number of nitrogens with zero attached hydrogens (tertiary/aromatic N) is 4. The number of nitrogens with one attached hydrogen (secondary N) is 1. The Kier molecular flexibility index (Phi) is 8.72. The molecular formula is C24H25N5O7S. The lowest BCUT2D eigenvalue weighted by Gasteiger charge is -2.20. The van der Waals surface area contributed by atoms with Crippen LogP contribution in [0.5, 0.6) is 0 Å². The first-order valence-corrected chi connectivity index (χ1v) is 12.6. The smallest absolute Gasteiger partial charge is 0.328 e. The third kappa shape index (κ3) is 6.76. The van der Waals surface area contributed by atoms with Crippen molar-refractivity contribution in [1.82, 2.24) is 14.2 Å². The number of benzene rings is 1. The lowest BCUT2D eigenvalue weighted by molar-refractivity contribution is -0.134. The quantitative estimate of drug-likeness (QED) is 0.476. The molecule has 0 saturated carbocycles. The number of aliphatic carboxylic acids is 2. The van der Waals surface area contributed by atoms with Crippen molar-refractivity contribution in [1.29, 1.82) is 5.26 Å². The number of anilines is 1. The zero-order valence-corrected chi connectivity index (χ0v) is 20.7. The van der Waals surface area contributed by atoms with E-state index in [4.69, 9.17) is 15.5 Å². The van der Waals surface area contributed by atoms with Crippen molar-refractivity contribution in [3.63, 3.8) is 0 Å². The van der Waals surface area contributed by atoms with E-state index in [-0.39, 0.29) is 10.8 Å². The molecule has 1 atom stereocenters. The second-order valence-electron chi connectivity index (χ2n) is 8.33. The van der Waals surface area contributed by atoms with Gasteiger partial charge >= 0.3 is 11.9 Å².